The zero-order valence-electron chi connectivity index (χ0n) is 13.4. The van der Waals surface area contributed by atoms with Gasteiger partial charge in [0.25, 0.3) is 5.91 Å². The number of hydrogen-bond donors (Lipinski definition) is 1. The normalized spacial score (nSPS) is 17.3. The van der Waals surface area contributed by atoms with E-state index in [-0.39, 0.29) is 12.5 Å². The Labute approximate surface area is 141 Å². The summed E-state index contributed by atoms with van der Waals surface area (Å²) < 4.78 is 5.57. The Morgan fingerprint density at radius 2 is 1.92 bits per heavy atom. The number of likely N-dealkylation sites (tertiary alicyclic amines) is 1. The van der Waals surface area contributed by atoms with Crippen LogP contribution in [0.1, 0.15) is 18.0 Å². The van der Waals surface area contributed by atoms with E-state index in [4.69, 9.17) is 4.74 Å². The molecule has 1 saturated heterocycles. The van der Waals surface area contributed by atoms with Gasteiger partial charge in [-0.25, -0.2) is 0 Å². The van der Waals surface area contributed by atoms with Gasteiger partial charge in [0.2, 0.25) is 0 Å². The van der Waals surface area contributed by atoms with Crippen LogP contribution in [0.2, 0.25) is 0 Å². The van der Waals surface area contributed by atoms with Crippen LogP contribution in [0.3, 0.4) is 0 Å². The molecule has 2 heterocycles. The molecule has 2 aromatic carbocycles. The zero-order chi connectivity index (χ0) is 16.4. The Morgan fingerprint density at radius 1 is 1.12 bits per heavy atom. The van der Waals surface area contributed by atoms with Crippen molar-refractivity contribution in [2.45, 2.75) is 12.3 Å². The van der Waals surface area contributed by atoms with Crippen LogP contribution >= 0.6 is 0 Å². The highest BCUT2D eigenvalue weighted by molar-refractivity contribution is 5.81. The second-order valence-electron chi connectivity index (χ2n) is 6.24. The number of para-hydroxylation sites is 2. The average Bonchev–Trinajstić information content (AvgIpc) is 3.27. The van der Waals surface area contributed by atoms with E-state index < -0.39 is 0 Å². The third-order valence-electron chi connectivity index (χ3n) is 4.64. The van der Waals surface area contributed by atoms with Crippen molar-refractivity contribution >= 4 is 16.8 Å². The van der Waals surface area contributed by atoms with Crippen LogP contribution in [0.15, 0.2) is 60.7 Å². The lowest BCUT2D eigenvalue weighted by Gasteiger charge is -2.16. The number of hydrogen-bond acceptors (Lipinski definition) is 2. The maximum Gasteiger partial charge on any atom is 0.260 e. The first-order chi connectivity index (χ1) is 11.8. The number of aromatic amines is 1. The molecule has 0 spiro atoms. The van der Waals surface area contributed by atoms with Crippen LogP contribution in [0, 0.1) is 0 Å². The number of nitrogens with zero attached hydrogens (tertiary/aromatic N) is 1. The van der Waals surface area contributed by atoms with Gasteiger partial charge in [-0.15, -0.1) is 0 Å². The monoisotopic (exact) mass is 320 g/mol. The molecule has 1 N–H and O–H groups in total. The highest BCUT2D eigenvalue weighted by Gasteiger charge is 2.28. The van der Waals surface area contributed by atoms with Crippen molar-refractivity contribution in [3.63, 3.8) is 0 Å². The fourth-order valence-electron chi connectivity index (χ4n) is 3.31. The van der Waals surface area contributed by atoms with E-state index in [1.165, 1.54) is 11.1 Å². The molecule has 1 aliphatic heterocycles. The minimum Gasteiger partial charge on any atom is -0.484 e. The van der Waals surface area contributed by atoms with E-state index >= 15 is 0 Å². The number of benzene rings is 2. The summed E-state index contributed by atoms with van der Waals surface area (Å²) in [5.41, 5.74) is 2.38. The maximum absolute atomic E-state index is 12.4. The fraction of sp³-hybridized carbons (Fsp3) is 0.250. The number of fused-ring (bicyclic) bond motifs is 1. The lowest BCUT2D eigenvalue weighted by atomic mass is 10.1. The molecule has 4 nitrogen and oxygen atoms in total. The fourth-order valence-corrected chi connectivity index (χ4v) is 3.31. The molecule has 1 unspecified atom stereocenters. The van der Waals surface area contributed by atoms with Crippen molar-refractivity contribution in [2.75, 3.05) is 19.7 Å². The summed E-state index contributed by atoms with van der Waals surface area (Å²) in [7, 11) is 0. The molecule has 3 aromatic rings. The molecule has 1 atom stereocenters. The summed E-state index contributed by atoms with van der Waals surface area (Å²) in [6.07, 6.45) is 0.990. The lowest BCUT2D eigenvalue weighted by molar-refractivity contribution is -0.132. The molecule has 0 aliphatic carbocycles. The third-order valence-corrected chi connectivity index (χ3v) is 4.64. The van der Waals surface area contributed by atoms with Gasteiger partial charge in [-0.1, -0.05) is 36.4 Å². The van der Waals surface area contributed by atoms with E-state index in [1.54, 1.807) is 0 Å². The molecule has 1 fully saturated rings. The molecule has 4 rings (SSSR count). The van der Waals surface area contributed by atoms with Crippen molar-refractivity contribution in [3.05, 3.63) is 66.4 Å². The second kappa shape index (κ2) is 6.40. The Hall–Kier alpha value is -2.75. The largest absolute Gasteiger partial charge is 0.484 e. The first kappa shape index (κ1) is 14.8. The lowest BCUT2D eigenvalue weighted by Crippen LogP contribution is -2.32. The standard InChI is InChI=1S/C20H20N2O2/c23-20(14-24-17-7-2-1-3-8-17)22-11-10-16(13-22)19-12-15-6-4-5-9-18(15)21-19/h1-9,12,16,21H,10-11,13-14H2. The Bertz CT molecular complexity index is 808. The third kappa shape index (κ3) is 3.00. The number of rotatable bonds is 4. The van der Waals surface area contributed by atoms with Gasteiger partial charge in [0, 0.05) is 30.2 Å². The number of H-pyrrole nitrogens is 1. The molecular weight excluding hydrogens is 300 g/mol. The average molecular weight is 320 g/mol. The van der Waals surface area contributed by atoms with Gasteiger partial charge in [-0.05, 0) is 36.1 Å². The predicted molar refractivity (Wildman–Crippen MR) is 94.2 cm³/mol. The van der Waals surface area contributed by atoms with Gasteiger partial charge in [0.05, 0.1) is 0 Å². The van der Waals surface area contributed by atoms with Gasteiger partial charge < -0.3 is 14.6 Å². The van der Waals surface area contributed by atoms with Crippen LogP contribution in [-0.2, 0) is 4.79 Å². The van der Waals surface area contributed by atoms with Crippen molar-refractivity contribution in [3.8, 4) is 5.75 Å². The van der Waals surface area contributed by atoms with Crippen molar-refractivity contribution in [2.24, 2.45) is 0 Å². The van der Waals surface area contributed by atoms with Crippen LogP contribution < -0.4 is 4.74 Å². The first-order valence-corrected chi connectivity index (χ1v) is 8.33. The summed E-state index contributed by atoms with van der Waals surface area (Å²) in [5, 5.41) is 1.23. The topological polar surface area (TPSA) is 45.3 Å². The molecule has 0 radical (unpaired) electrons. The van der Waals surface area contributed by atoms with Gasteiger partial charge in [-0.3, -0.25) is 4.79 Å². The van der Waals surface area contributed by atoms with Gasteiger partial charge in [0.15, 0.2) is 6.61 Å². The molecule has 0 bridgehead atoms. The number of amides is 1. The van der Waals surface area contributed by atoms with E-state index in [9.17, 15) is 4.79 Å². The molecular formula is C20H20N2O2. The minimum atomic E-state index is 0.0532. The smallest absolute Gasteiger partial charge is 0.260 e. The molecule has 0 saturated carbocycles. The molecule has 1 amide bonds. The number of aromatic nitrogens is 1. The van der Waals surface area contributed by atoms with Crippen molar-refractivity contribution in [1.29, 1.82) is 0 Å². The van der Waals surface area contributed by atoms with E-state index in [0.717, 1.165) is 30.8 Å². The van der Waals surface area contributed by atoms with Crippen LogP contribution in [0.4, 0.5) is 0 Å². The van der Waals surface area contributed by atoms with E-state index in [0.29, 0.717) is 5.92 Å². The van der Waals surface area contributed by atoms with Crippen LogP contribution in [0.5, 0.6) is 5.75 Å². The summed E-state index contributed by atoms with van der Waals surface area (Å²) in [4.78, 5) is 17.7. The molecule has 4 heteroatoms. The maximum atomic E-state index is 12.4. The first-order valence-electron chi connectivity index (χ1n) is 8.33. The Morgan fingerprint density at radius 3 is 2.75 bits per heavy atom. The van der Waals surface area contributed by atoms with Gasteiger partial charge in [-0.2, -0.15) is 0 Å². The van der Waals surface area contributed by atoms with Gasteiger partial charge in [0.1, 0.15) is 5.75 Å². The Balaban J connectivity index is 1.38. The highest BCUT2D eigenvalue weighted by Crippen LogP contribution is 2.29. The SMILES string of the molecule is O=C(COc1ccccc1)N1CCC(c2cc3ccccc3[nH]2)C1. The van der Waals surface area contributed by atoms with Gasteiger partial charge >= 0.3 is 0 Å². The van der Waals surface area contributed by atoms with Crippen molar-refractivity contribution in [1.82, 2.24) is 9.88 Å². The minimum absolute atomic E-state index is 0.0532. The molecule has 1 aromatic heterocycles. The quantitative estimate of drug-likeness (QED) is 0.799. The van der Waals surface area contributed by atoms with Crippen LogP contribution in [0.25, 0.3) is 10.9 Å². The zero-order valence-corrected chi connectivity index (χ0v) is 13.4. The number of nitrogens with one attached hydrogen (secondary N) is 1. The highest BCUT2D eigenvalue weighted by atomic mass is 16.5. The predicted octanol–water partition coefficient (Wildman–Crippen LogP) is 3.56. The molecule has 1 aliphatic rings. The number of ether oxygens (including phenoxy) is 1. The summed E-state index contributed by atoms with van der Waals surface area (Å²) in [6, 6.07) is 20.0. The van der Waals surface area contributed by atoms with E-state index in [2.05, 4.69) is 23.2 Å². The molecule has 24 heavy (non-hydrogen) atoms. The second-order valence-corrected chi connectivity index (χ2v) is 6.24. The summed E-state index contributed by atoms with van der Waals surface area (Å²) in [5.74, 6) is 1.16. The number of carbonyl (C=O) groups excluding carboxylic acids is 1. The summed E-state index contributed by atoms with van der Waals surface area (Å²) in [6.45, 7) is 1.64. The van der Waals surface area contributed by atoms with Crippen LogP contribution in [-0.4, -0.2) is 35.5 Å². The van der Waals surface area contributed by atoms with Crippen molar-refractivity contribution < 1.29 is 9.53 Å². The van der Waals surface area contributed by atoms with E-state index in [1.807, 2.05) is 47.4 Å². The summed E-state index contributed by atoms with van der Waals surface area (Å²) >= 11 is 0. The number of carbonyl (C=O) groups is 1. The molecule has 122 valence electrons. The Kier molecular flexibility index (Phi) is 3.95.